The lowest BCUT2D eigenvalue weighted by atomic mass is 10.2. The van der Waals surface area contributed by atoms with Gasteiger partial charge in [-0.15, -0.1) is 0 Å². The molecule has 0 aromatic heterocycles. The van der Waals surface area contributed by atoms with Crippen molar-refractivity contribution in [3.05, 3.63) is 65.7 Å². The Morgan fingerprint density at radius 1 is 1.05 bits per heavy atom. The summed E-state index contributed by atoms with van der Waals surface area (Å²) in [5.41, 5.74) is 7.51. The van der Waals surface area contributed by atoms with E-state index in [1.54, 1.807) is 24.3 Å². The van der Waals surface area contributed by atoms with Crippen LogP contribution in [0.2, 0.25) is 0 Å². The van der Waals surface area contributed by atoms with Crippen LogP contribution in [0.4, 0.5) is 5.69 Å². The lowest BCUT2D eigenvalue weighted by molar-refractivity contribution is 0.600. The number of sulfonamides is 1. The van der Waals surface area contributed by atoms with Crippen LogP contribution in [-0.4, -0.2) is 19.2 Å². The van der Waals surface area contributed by atoms with Gasteiger partial charge < -0.3 is 5.73 Å². The van der Waals surface area contributed by atoms with E-state index in [1.165, 1.54) is 0 Å². The highest BCUT2D eigenvalue weighted by Crippen LogP contribution is 2.17. The molecule has 110 valence electrons. The quantitative estimate of drug-likeness (QED) is 0.801. The molecule has 0 amide bonds. The molecule has 0 atom stereocenters. The molecule has 0 unspecified atom stereocenters. The van der Waals surface area contributed by atoms with Gasteiger partial charge >= 0.3 is 0 Å². The van der Waals surface area contributed by atoms with Gasteiger partial charge in [0.1, 0.15) is 4.99 Å². The number of hydrogen-bond donors (Lipinski definition) is 2. The zero-order chi connectivity index (χ0) is 15.3. The van der Waals surface area contributed by atoms with Crippen LogP contribution in [0.5, 0.6) is 0 Å². The Morgan fingerprint density at radius 3 is 2.33 bits per heavy atom. The Morgan fingerprint density at radius 2 is 1.67 bits per heavy atom. The van der Waals surface area contributed by atoms with Crippen LogP contribution in [0.15, 0.2) is 54.6 Å². The van der Waals surface area contributed by atoms with Crippen LogP contribution in [0.1, 0.15) is 11.1 Å². The van der Waals surface area contributed by atoms with Gasteiger partial charge in [0.25, 0.3) is 0 Å². The number of nitrogens with two attached hydrogens (primary N) is 1. The Hall–Kier alpha value is -1.92. The van der Waals surface area contributed by atoms with E-state index in [4.69, 9.17) is 18.0 Å². The molecule has 0 aliphatic rings. The van der Waals surface area contributed by atoms with Crippen LogP contribution in [0.25, 0.3) is 0 Å². The first-order valence-electron chi connectivity index (χ1n) is 6.41. The molecule has 0 bridgehead atoms. The molecular weight excluding hydrogens is 304 g/mol. The molecule has 0 radical (unpaired) electrons. The van der Waals surface area contributed by atoms with Gasteiger partial charge in [-0.3, -0.25) is 4.72 Å². The van der Waals surface area contributed by atoms with Crippen molar-refractivity contribution in [2.45, 2.75) is 6.42 Å². The van der Waals surface area contributed by atoms with Crippen molar-refractivity contribution >= 4 is 32.9 Å². The predicted molar refractivity (Wildman–Crippen MR) is 89.9 cm³/mol. The van der Waals surface area contributed by atoms with Gasteiger partial charge in [-0.25, -0.2) is 8.42 Å². The molecule has 6 heteroatoms. The summed E-state index contributed by atoms with van der Waals surface area (Å²) in [5, 5.41) is 0. The van der Waals surface area contributed by atoms with Gasteiger partial charge in [0.15, 0.2) is 0 Å². The highest BCUT2D eigenvalue weighted by atomic mass is 32.2. The molecule has 0 saturated carbocycles. The van der Waals surface area contributed by atoms with Gasteiger partial charge in [-0.2, -0.15) is 0 Å². The molecule has 21 heavy (non-hydrogen) atoms. The maximum atomic E-state index is 12.2. The molecule has 2 aromatic rings. The van der Waals surface area contributed by atoms with Crippen molar-refractivity contribution in [1.82, 2.24) is 0 Å². The SMILES string of the molecule is NC(=S)c1ccccc1NS(=O)(=O)CCc1ccccc1. The van der Waals surface area contributed by atoms with E-state index < -0.39 is 10.0 Å². The molecule has 2 rings (SSSR count). The van der Waals surface area contributed by atoms with Crippen molar-refractivity contribution in [2.24, 2.45) is 5.73 Å². The highest BCUT2D eigenvalue weighted by molar-refractivity contribution is 7.92. The van der Waals surface area contributed by atoms with Crippen molar-refractivity contribution in [2.75, 3.05) is 10.5 Å². The van der Waals surface area contributed by atoms with Crippen LogP contribution in [0.3, 0.4) is 0 Å². The second-order valence-corrected chi connectivity index (χ2v) is 6.85. The van der Waals surface area contributed by atoms with E-state index in [0.29, 0.717) is 17.7 Å². The third-order valence-corrected chi connectivity index (χ3v) is 4.45. The number of benzene rings is 2. The van der Waals surface area contributed by atoms with Crippen molar-refractivity contribution < 1.29 is 8.42 Å². The summed E-state index contributed by atoms with van der Waals surface area (Å²) in [6.45, 7) is 0. The Balaban J connectivity index is 2.10. The molecule has 0 fully saturated rings. The Labute approximate surface area is 130 Å². The lowest BCUT2D eigenvalue weighted by Gasteiger charge is -2.11. The molecule has 4 nitrogen and oxygen atoms in total. The Kier molecular flexibility index (Phi) is 4.93. The number of para-hydroxylation sites is 1. The second-order valence-electron chi connectivity index (χ2n) is 4.57. The first-order chi connectivity index (χ1) is 9.98. The Bertz CT molecular complexity index is 728. The molecule has 0 spiro atoms. The van der Waals surface area contributed by atoms with Crippen molar-refractivity contribution in [1.29, 1.82) is 0 Å². The highest BCUT2D eigenvalue weighted by Gasteiger charge is 2.13. The third kappa shape index (κ3) is 4.54. The fourth-order valence-electron chi connectivity index (χ4n) is 1.90. The molecular formula is C15H16N2O2S2. The summed E-state index contributed by atoms with van der Waals surface area (Å²) in [6.07, 6.45) is 0.450. The normalized spacial score (nSPS) is 11.0. The lowest BCUT2D eigenvalue weighted by Crippen LogP contribution is -2.21. The third-order valence-electron chi connectivity index (χ3n) is 2.96. The van der Waals surface area contributed by atoms with Crippen molar-refractivity contribution in [3.63, 3.8) is 0 Å². The number of hydrogen-bond acceptors (Lipinski definition) is 3. The van der Waals surface area contributed by atoms with Crippen molar-refractivity contribution in [3.8, 4) is 0 Å². The number of nitrogens with one attached hydrogen (secondary N) is 1. The summed E-state index contributed by atoms with van der Waals surface area (Å²) < 4.78 is 26.8. The monoisotopic (exact) mass is 320 g/mol. The fraction of sp³-hybridized carbons (Fsp3) is 0.133. The molecule has 0 heterocycles. The van der Waals surface area contributed by atoms with E-state index in [-0.39, 0.29) is 10.7 Å². The molecule has 0 aliphatic heterocycles. The van der Waals surface area contributed by atoms with E-state index in [2.05, 4.69) is 4.72 Å². The van der Waals surface area contributed by atoms with Crippen LogP contribution >= 0.6 is 12.2 Å². The van der Waals surface area contributed by atoms with E-state index in [0.717, 1.165) is 5.56 Å². The summed E-state index contributed by atoms with van der Waals surface area (Å²) in [5.74, 6) is 0.00266. The number of aryl methyl sites for hydroxylation is 1. The van der Waals surface area contributed by atoms with E-state index >= 15 is 0 Å². The minimum absolute atomic E-state index is 0.00266. The van der Waals surface area contributed by atoms with Crippen LogP contribution in [0, 0.1) is 0 Å². The predicted octanol–water partition coefficient (Wildman–Crippen LogP) is 2.31. The maximum Gasteiger partial charge on any atom is 0.233 e. The molecule has 0 saturated heterocycles. The fourth-order valence-corrected chi connectivity index (χ4v) is 3.20. The number of anilines is 1. The minimum Gasteiger partial charge on any atom is -0.389 e. The first-order valence-corrected chi connectivity index (χ1v) is 8.47. The summed E-state index contributed by atoms with van der Waals surface area (Å²) >= 11 is 4.92. The van der Waals surface area contributed by atoms with Gasteiger partial charge in [0, 0.05) is 5.56 Å². The molecule has 0 aliphatic carbocycles. The molecule has 2 aromatic carbocycles. The van der Waals surface area contributed by atoms with Gasteiger partial charge in [-0.1, -0.05) is 54.7 Å². The minimum atomic E-state index is -3.45. The van der Waals surface area contributed by atoms with E-state index in [9.17, 15) is 8.42 Å². The molecule has 3 N–H and O–H groups in total. The summed E-state index contributed by atoms with van der Waals surface area (Å²) in [4.78, 5) is 0.163. The van der Waals surface area contributed by atoms with Gasteiger partial charge in [0.2, 0.25) is 10.0 Å². The first kappa shape index (κ1) is 15.5. The second kappa shape index (κ2) is 6.69. The topological polar surface area (TPSA) is 72.2 Å². The van der Waals surface area contributed by atoms with Gasteiger partial charge in [-0.05, 0) is 24.1 Å². The zero-order valence-corrected chi connectivity index (χ0v) is 13.0. The number of rotatable bonds is 6. The zero-order valence-electron chi connectivity index (χ0n) is 11.3. The van der Waals surface area contributed by atoms with Crippen LogP contribution < -0.4 is 10.5 Å². The average molecular weight is 320 g/mol. The standard InChI is InChI=1S/C15H16N2O2S2/c16-15(20)13-8-4-5-9-14(13)17-21(18,19)11-10-12-6-2-1-3-7-12/h1-9,17H,10-11H2,(H2,16,20). The van der Waals surface area contributed by atoms with Gasteiger partial charge in [0.05, 0.1) is 11.4 Å². The largest absolute Gasteiger partial charge is 0.389 e. The average Bonchev–Trinajstić information content (AvgIpc) is 2.46. The number of thiocarbonyl (C=S) groups is 1. The van der Waals surface area contributed by atoms with E-state index in [1.807, 2.05) is 30.3 Å². The maximum absolute atomic E-state index is 12.2. The smallest absolute Gasteiger partial charge is 0.233 e. The summed E-state index contributed by atoms with van der Waals surface area (Å²) in [6, 6.07) is 16.3. The van der Waals surface area contributed by atoms with Crippen LogP contribution in [-0.2, 0) is 16.4 Å². The summed E-state index contributed by atoms with van der Waals surface area (Å²) in [7, 11) is -3.45.